The Morgan fingerprint density at radius 1 is 1.43 bits per heavy atom. The third-order valence-electron chi connectivity index (χ3n) is 4.23. The van der Waals surface area contributed by atoms with Crippen LogP contribution in [0.2, 0.25) is 0 Å². The van der Waals surface area contributed by atoms with E-state index in [2.05, 4.69) is 15.1 Å². The lowest BCUT2D eigenvalue weighted by Crippen LogP contribution is -2.39. The standard InChI is InChI=1S/C17H22N4O2/c1-13-19-17(20-23-13)14-6-5-11-21(12-14)16(22)9-4-8-15-7-2-3-10-18-15/h2-3,7,10,14H,4-6,8-9,11-12H2,1H3/t14-/m0/s1. The highest BCUT2D eigenvalue weighted by Gasteiger charge is 2.27. The van der Waals surface area contributed by atoms with Gasteiger partial charge in [-0.25, -0.2) is 0 Å². The van der Waals surface area contributed by atoms with Crippen molar-refractivity contribution in [1.29, 1.82) is 0 Å². The van der Waals surface area contributed by atoms with Crippen molar-refractivity contribution >= 4 is 5.91 Å². The van der Waals surface area contributed by atoms with Gasteiger partial charge in [0, 0.05) is 44.2 Å². The number of carbonyl (C=O) groups excluding carboxylic acids is 1. The summed E-state index contributed by atoms with van der Waals surface area (Å²) in [7, 11) is 0. The van der Waals surface area contributed by atoms with Crippen molar-refractivity contribution in [3.05, 3.63) is 41.8 Å². The number of likely N-dealkylation sites (tertiary alicyclic amines) is 1. The number of pyridine rings is 1. The van der Waals surface area contributed by atoms with Crippen LogP contribution in [0.3, 0.4) is 0 Å². The molecule has 1 aliphatic heterocycles. The van der Waals surface area contributed by atoms with Crippen molar-refractivity contribution in [2.75, 3.05) is 13.1 Å². The highest BCUT2D eigenvalue weighted by Crippen LogP contribution is 2.25. The molecule has 1 saturated heterocycles. The zero-order valence-corrected chi connectivity index (χ0v) is 13.4. The van der Waals surface area contributed by atoms with Crippen molar-refractivity contribution in [3.63, 3.8) is 0 Å². The Morgan fingerprint density at radius 2 is 2.35 bits per heavy atom. The van der Waals surface area contributed by atoms with Gasteiger partial charge >= 0.3 is 0 Å². The first kappa shape index (κ1) is 15.6. The number of amides is 1. The average Bonchev–Trinajstić information content (AvgIpc) is 3.02. The van der Waals surface area contributed by atoms with Crippen molar-refractivity contribution in [3.8, 4) is 0 Å². The minimum atomic E-state index is 0.195. The molecule has 3 heterocycles. The monoisotopic (exact) mass is 314 g/mol. The van der Waals surface area contributed by atoms with E-state index in [0.29, 0.717) is 18.9 Å². The quantitative estimate of drug-likeness (QED) is 0.848. The maximum Gasteiger partial charge on any atom is 0.223 e. The number of rotatable bonds is 5. The van der Waals surface area contributed by atoms with Gasteiger partial charge in [-0.2, -0.15) is 4.98 Å². The van der Waals surface area contributed by atoms with Crippen LogP contribution < -0.4 is 0 Å². The van der Waals surface area contributed by atoms with Gasteiger partial charge in [0.2, 0.25) is 11.8 Å². The predicted octanol–water partition coefficient (Wildman–Crippen LogP) is 2.50. The van der Waals surface area contributed by atoms with Gasteiger partial charge in [0.15, 0.2) is 5.82 Å². The Morgan fingerprint density at radius 3 is 3.09 bits per heavy atom. The van der Waals surface area contributed by atoms with Crippen LogP contribution in [-0.2, 0) is 11.2 Å². The molecule has 0 bridgehead atoms. The molecule has 0 unspecified atom stereocenters. The normalized spacial score (nSPS) is 18.1. The maximum atomic E-state index is 12.4. The van der Waals surface area contributed by atoms with Gasteiger partial charge in [0.05, 0.1) is 0 Å². The van der Waals surface area contributed by atoms with Crippen molar-refractivity contribution < 1.29 is 9.32 Å². The van der Waals surface area contributed by atoms with E-state index in [4.69, 9.17) is 4.52 Å². The average molecular weight is 314 g/mol. The minimum absolute atomic E-state index is 0.195. The Balaban J connectivity index is 1.49. The zero-order valence-electron chi connectivity index (χ0n) is 13.4. The van der Waals surface area contributed by atoms with Crippen LogP contribution in [0.1, 0.15) is 49.0 Å². The molecule has 0 aliphatic carbocycles. The topological polar surface area (TPSA) is 72.1 Å². The fraction of sp³-hybridized carbons (Fsp3) is 0.529. The molecular formula is C17H22N4O2. The Kier molecular flexibility index (Phi) is 5.00. The molecule has 1 fully saturated rings. The van der Waals surface area contributed by atoms with E-state index in [-0.39, 0.29) is 11.8 Å². The summed E-state index contributed by atoms with van der Waals surface area (Å²) in [4.78, 5) is 23.0. The molecule has 2 aromatic rings. The Hall–Kier alpha value is -2.24. The second-order valence-electron chi connectivity index (χ2n) is 6.03. The summed E-state index contributed by atoms with van der Waals surface area (Å²) in [6.45, 7) is 3.32. The fourth-order valence-corrected chi connectivity index (χ4v) is 3.02. The van der Waals surface area contributed by atoms with E-state index in [1.807, 2.05) is 23.1 Å². The summed E-state index contributed by atoms with van der Waals surface area (Å²) in [5.41, 5.74) is 1.04. The smallest absolute Gasteiger partial charge is 0.223 e. The lowest BCUT2D eigenvalue weighted by Gasteiger charge is -2.31. The molecule has 122 valence electrons. The first-order valence-electron chi connectivity index (χ1n) is 8.20. The van der Waals surface area contributed by atoms with E-state index in [1.54, 1.807) is 13.1 Å². The van der Waals surface area contributed by atoms with Crippen molar-refractivity contribution in [1.82, 2.24) is 20.0 Å². The second-order valence-corrected chi connectivity index (χ2v) is 6.03. The molecule has 2 aromatic heterocycles. The molecule has 6 heteroatoms. The van der Waals surface area contributed by atoms with Crippen LogP contribution in [0.15, 0.2) is 28.9 Å². The van der Waals surface area contributed by atoms with E-state index in [0.717, 1.165) is 43.7 Å². The number of hydrogen-bond donors (Lipinski definition) is 0. The van der Waals surface area contributed by atoms with E-state index >= 15 is 0 Å². The Bertz CT molecular complexity index is 641. The van der Waals surface area contributed by atoms with Gasteiger partial charge in [-0.05, 0) is 37.8 Å². The van der Waals surface area contributed by atoms with Crippen LogP contribution in [-0.4, -0.2) is 39.0 Å². The lowest BCUT2D eigenvalue weighted by atomic mass is 9.97. The summed E-state index contributed by atoms with van der Waals surface area (Å²) in [5, 5.41) is 4.00. The SMILES string of the molecule is Cc1nc([C@H]2CCCN(C(=O)CCCc3ccccn3)C2)no1. The molecular weight excluding hydrogens is 292 g/mol. The molecule has 1 atom stereocenters. The molecule has 1 aliphatic rings. The minimum Gasteiger partial charge on any atom is -0.342 e. The van der Waals surface area contributed by atoms with Gasteiger partial charge in [-0.3, -0.25) is 9.78 Å². The molecule has 0 N–H and O–H groups in total. The largest absolute Gasteiger partial charge is 0.342 e. The van der Waals surface area contributed by atoms with Crippen LogP contribution in [0, 0.1) is 6.92 Å². The van der Waals surface area contributed by atoms with E-state index < -0.39 is 0 Å². The highest BCUT2D eigenvalue weighted by molar-refractivity contribution is 5.76. The van der Waals surface area contributed by atoms with Gasteiger partial charge in [-0.15, -0.1) is 0 Å². The van der Waals surface area contributed by atoms with Crippen LogP contribution in [0.4, 0.5) is 0 Å². The number of aryl methyl sites for hydroxylation is 2. The lowest BCUT2D eigenvalue weighted by molar-refractivity contribution is -0.132. The highest BCUT2D eigenvalue weighted by atomic mass is 16.5. The number of aromatic nitrogens is 3. The van der Waals surface area contributed by atoms with Gasteiger partial charge in [0.1, 0.15) is 0 Å². The molecule has 23 heavy (non-hydrogen) atoms. The summed E-state index contributed by atoms with van der Waals surface area (Å²) >= 11 is 0. The number of carbonyl (C=O) groups is 1. The number of nitrogens with zero attached hydrogens (tertiary/aromatic N) is 4. The van der Waals surface area contributed by atoms with Crippen molar-refractivity contribution in [2.24, 2.45) is 0 Å². The summed E-state index contributed by atoms with van der Waals surface area (Å²) < 4.78 is 5.06. The first-order chi connectivity index (χ1) is 11.2. The summed E-state index contributed by atoms with van der Waals surface area (Å²) in [6, 6.07) is 5.88. The van der Waals surface area contributed by atoms with Crippen LogP contribution in [0.25, 0.3) is 0 Å². The zero-order chi connectivity index (χ0) is 16.1. The molecule has 0 saturated carbocycles. The summed E-state index contributed by atoms with van der Waals surface area (Å²) in [6.07, 6.45) is 6.03. The van der Waals surface area contributed by atoms with E-state index in [1.165, 1.54) is 0 Å². The first-order valence-corrected chi connectivity index (χ1v) is 8.20. The summed E-state index contributed by atoms with van der Waals surface area (Å²) in [5.74, 6) is 1.72. The molecule has 6 nitrogen and oxygen atoms in total. The van der Waals surface area contributed by atoms with Crippen LogP contribution in [0.5, 0.6) is 0 Å². The van der Waals surface area contributed by atoms with Gasteiger partial charge < -0.3 is 9.42 Å². The molecule has 0 spiro atoms. The third kappa shape index (κ3) is 4.15. The van der Waals surface area contributed by atoms with Gasteiger partial charge in [-0.1, -0.05) is 11.2 Å². The van der Waals surface area contributed by atoms with Crippen LogP contribution >= 0.6 is 0 Å². The van der Waals surface area contributed by atoms with Gasteiger partial charge in [0.25, 0.3) is 0 Å². The fourth-order valence-electron chi connectivity index (χ4n) is 3.02. The number of hydrogen-bond acceptors (Lipinski definition) is 5. The third-order valence-corrected chi connectivity index (χ3v) is 4.23. The molecule has 3 rings (SSSR count). The Labute approximate surface area is 135 Å². The molecule has 0 aromatic carbocycles. The number of piperidine rings is 1. The van der Waals surface area contributed by atoms with Crippen molar-refractivity contribution in [2.45, 2.75) is 44.9 Å². The molecule has 1 amide bonds. The molecule has 0 radical (unpaired) electrons. The second kappa shape index (κ2) is 7.35. The predicted molar refractivity (Wildman–Crippen MR) is 84.8 cm³/mol. The van der Waals surface area contributed by atoms with E-state index in [9.17, 15) is 4.79 Å². The maximum absolute atomic E-state index is 12.4.